The molecule has 5 heteroatoms. The molecule has 0 radical (unpaired) electrons. The predicted molar refractivity (Wildman–Crippen MR) is 59.3 cm³/mol. The number of benzene rings is 1. The van der Waals surface area contributed by atoms with Crippen molar-refractivity contribution in [3.8, 4) is 5.75 Å². The second kappa shape index (κ2) is 7.03. The van der Waals surface area contributed by atoms with E-state index in [1.165, 1.54) is 13.2 Å². The zero-order chi connectivity index (χ0) is 11.8. The summed E-state index contributed by atoms with van der Waals surface area (Å²) < 4.78 is 23.1. The molecule has 0 aliphatic carbocycles. The molecule has 0 saturated heterocycles. The van der Waals surface area contributed by atoms with Gasteiger partial charge in [0.25, 0.3) is 0 Å². The number of hydrogen-bond acceptors (Lipinski definition) is 4. The van der Waals surface area contributed by atoms with Gasteiger partial charge < -0.3 is 19.9 Å². The van der Waals surface area contributed by atoms with Crippen LogP contribution < -0.4 is 10.1 Å². The van der Waals surface area contributed by atoms with Gasteiger partial charge in [0.2, 0.25) is 0 Å². The summed E-state index contributed by atoms with van der Waals surface area (Å²) in [4.78, 5) is 0. The summed E-state index contributed by atoms with van der Waals surface area (Å²) in [5, 5.41) is 11.5. The van der Waals surface area contributed by atoms with Crippen LogP contribution in [0.15, 0.2) is 18.2 Å². The standard InChI is InChI=1S/C11H16FNO3/c1-15-11-3-2-9(8-10(11)12)13-4-6-16-7-5-14/h2-3,8,13-14H,4-7H2,1H3. The Morgan fingerprint density at radius 3 is 2.81 bits per heavy atom. The first-order chi connectivity index (χ1) is 7.77. The van der Waals surface area contributed by atoms with Crippen LogP contribution in [0.4, 0.5) is 10.1 Å². The number of halogens is 1. The molecule has 16 heavy (non-hydrogen) atoms. The molecule has 0 heterocycles. The second-order valence-corrected chi connectivity index (χ2v) is 3.11. The number of methoxy groups -OCH3 is 1. The molecule has 1 aromatic rings. The molecule has 0 aliphatic rings. The summed E-state index contributed by atoms with van der Waals surface area (Å²) in [5.74, 6) is -0.175. The summed E-state index contributed by atoms with van der Waals surface area (Å²) in [6, 6.07) is 4.66. The van der Waals surface area contributed by atoms with E-state index in [1.807, 2.05) is 0 Å². The molecule has 0 aliphatic heterocycles. The van der Waals surface area contributed by atoms with Crippen LogP contribution in [0.2, 0.25) is 0 Å². The Morgan fingerprint density at radius 2 is 2.19 bits per heavy atom. The molecule has 1 aromatic carbocycles. The molecular weight excluding hydrogens is 213 g/mol. The summed E-state index contributed by atoms with van der Waals surface area (Å²) in [5.41, 5.74) is 0.672. The van der Waals surface area contributed by atoms with E-state index in [-0.39, 0.29) is 12.4 Å². The molecule has 0 fully saturated rings. The molecule has 2 N–H and O–H groups in total. The van der Waals surface area contributed by atoms with Gasteiger partial charge >= 0.3 is 0 Å². The van der Waals surface area contributed by atoms with Gasteiger partial charge in [0.05, 0.1) is 26.9 Å². The van der Waals surface area contributed by atoms with Crippen molar-refractivity contribution in [1.29, 1.82) is 0 Å². The normalized spacial score (nSPS) is 10.2. The number of aliphatic hydroxyl groups is 1. The fourth-order valence-electron chi connectivity index (χ4n) is 1.21. The van der Waals surface area contributed by atoms with Gasteiger partial charge in [-0.1, -0.05) is 0 Å². The first-order valence-electron chi connectivity index (χ1n) is 5.04. The maximum absolute atomic E-state index is 13.3. The van der Waals surface area contributed by atoms with E-state index in [0.717, 1.165) is 0 Å². The van der Waals surface area contributed by atoms with Crippen molar-refractivity contribution in [2.45, 2.75) is 0 Å². The monoisotopic (exact) mass is 229 g/mol. The van der Waals surface area contributed by atoms with Crippen molar-refractivity contribution in [2.75, 3.05) is 38.8 Å². The smallest absolute Gasteiger partial charge is 0.167 e. The van der Waals surface area contributed by atoms with Gasteiger partial charge in [-0.3, -0.25) is 0 Å². The van der Waals surface area contributed by atoms with Gasteiger partial charge in [0.1, 0.15) is 0 Å². The van der Waals surface area contributed by atoms with Crippen LogP contribution >= 0.6 is 0 Å². The molecule has 0 bridgehead atoms. The van der Waals surface area contributed by atoms with E-state index >= 15 is 0 Å². The third-order valence-corrected chi connectivity index (χ3v) is 1.96. The number of rotatable bonds is 7. The van der Waals surface area contributed by atoms with Crippen LogP contribution in [0.3, 0.4) is 0 Å². The molecule has 0 spiro atoms. The zero-order valence-corrected chi connectivity index (χ0v) is 9.20. The van der Waals surface area contributed by atoms with Gasteiger partial charge in [0, 0.05) is 18.3 Å². The Bertz CT molecular complexity index is 320. The minimum absolute atomic E-state index is 0.0111. The lowest BCUT2D eigenvalue weighted by atomic mass is 10.3. The molecule has 0 aromatic heterocycles. The highest BCUT2D eigenvalue weighted by Crippen LogP contribution is 2.20. The highest BCUT2D eigenvalue weighted by molar-refractivity contribution is 5.47. The summed E-state index contributed by atoms with van der Waals surface area (Å²) >= 11 is 0. The maximum Gasteiger partial charge on any atom is 0.167 e. The van der Waals surface area contributed by atoms with Crippen LogP contribution in [-0.2, 0) is 4.74 Å². The predicted octanol–water partition coefficient (Wildman–Crippen LogP) is 1.26. The Kier molecular flexibility index (Phi) is 5.60. The zero-order valence-electron chi connectivity index (χ0n) is 9.20. The fraction of sp³-hybridized carbons (Fsp3) is 0.455. The van der Waals surface area contributed by atoms with Crippen molar-refractivity contribution in [1.82, 2.24) is 0 Å². The quantitative estimate of drug-likeness (QED) is 0.691. The average Bonchev–Trinajstić information content (AvgIpc) is 2.29. The van der Waals surface area contributed by atoms with Gasteiger partial charge in [-0.25, -0.2) is 4.39 Å². The van der Waals surface area contributed by atoms with Crippen LogP contribution in [0.5, 0.6) is 5.75 Å². The van der Waals surface area contributed by atoms with E-state index in [2.05, 4.69) is 5.32 Å². The number of aliphatic hydroxyl groups excluding tert-OH is 1. The first kappa shape index (κ1) is 12.7. The number of ether oxygens (including phenoxy) is 2. The number of anilines is 1. The van der Waals surface area contributed by atoms with Crippen molar-refractivity contribution < 1.29 is 19.0 Å². The van der Waals surface area contributed by atoms with E-state index < -0.39 is 5.82 Å². The van der Waals surface area contributed by atoms with E-state index in [1.54, 1.807) is 12.1 Å². The molecule has 4 nitrogen and oxygen atoms in total. The minimum Gasteiger partial charge on any atom is -0.494 e. The molecular formula is C11H16FNO3. The third kappa shape index (κ3) is 4.04. The highest BCUT2D eigenvalue weighted by atomic mass is 19.1. The second-order valence-electron chi connectivity index (χ2n) is 3.11. The van der Waals surface area contributed by atoms with Crippen molar-refractivity contribution in [3.63, 3.8) is 0 Å². The molecule has 0 atom stereocenters. The average molecular weight is 229 g/mol. The number of nitrogens with one attached hydrogen (secondary N) is 1. The Balaban J connectivity index is 2.34. The van der Waals surface area contributed by atoms with Crippen LogP contribution in [0, 0.1) is 5.82 Å². The maximum atomic E-state index is 13.3. The lowest BCUT2D eigenvalue weighted by molar-refractivity contribution is 0.0992. The van der Waals surface area contributed by atoms with Crippen LogP contribution in [0.1, 0.15) is 0 Å². The first-order valence-corrected chi connectivity index (χ1v) is 5.04. The SMILES string of the molecule is COc1ccc(NCCOCCO)cc1F. The van der Waals surface area contributed by atoms with Gasteiger partial charge in [-0.15, -0.1) is 0 Å². The topological polar surface area (TPSA) is 50.7 Å². The third-order valence-electron chi connectivity index (χ3n) is 1.96. The van der Waals surface area contributed by atoms with E-state index in [9.17, 15) is 4.39 Å². The lowest BCUT2D eigenvalue weighted by Crippen LogP contribution is -2.11. The Labute approximate surface area is 94.0 Å². The van der Waals surface area contributed by atoms with E-state index in [0.29, 0.717) is 25.4 Å². The fourth-order valence-corrected chi connectivity index (χ4v) is 1.21. The van der Waals surface area contributed by atoms with Crippen LogP contribution in [0.25, 0.3) is 0 Å². The Hall–Kier alpha value is -1.33. The molecule has 0 unspecified atom stereocenters. The van der Waals surface area contributed by atoms with Crippen molar-refractivity contribution >= 4 is 5.69 Å². The molecule has 0 saturated carbocycles. The van der Waals surface area contributed by atoms with Gasteiger partial charge in [-0.05, 0) is 12.1 Å². The molecule has 90 valence electrons. The van der Waals surface area contributed by atoms with Gasteiger partial charge in [-0.2, -0.15) is 0 Å². The largest absolute Gasteiger partial charge is 0.494 e. The summed E-state index contributed by atoms with van der Waals surface area (Å²) in [6.45, 7) is 1.36. The molecule has 1 rings (SSSR count). The van der Waals surface area contributed by atoms with Crippen molar-refractivity contribution in [2.24, 2.45) is 0 Å². The number of hydrogen-bond donors (Lipinski definition) is 2. The minimum atomic E-state index is -0.399. The summed E-state index contributed by atoms with van der Waals surface area (Å²) in [6.07, 6.45) is 0. The Morgan fingerprint density at radius 1 is 1.38 bits per heavy atom. The van der Waals surface area contributed by atoms with Crippen LogP contribution in [-0.4, -0.2) is 38.6 Å². The highest BCUT2D eigenvalue weighted by Gasteiger charge is 2.02. The summed E-state index contributed by atoms with van der Waals surface area (Å²) in [7, 11) is 1.42. The van der Waals surface area contributed by atoms with Crippen molar-refractivity contribution in [3.05, 3.63) is 24.0 Å². The molecule has 0 amide bonds. The lowest BCUT2D eigenvalue weighted by Gasteiger charge is -2.08. The van der Waals surface area contributed by atoms with Gasteiger partial charge in [0.15, 0.2) is 11.6 Å². The van der Waals surface area contributed by atoms with E-state index in [4.69, 9.17) is 14.6 Å².